The number of carbonyl (C=O) groups excluding carboxylic acids is 1. The van der Waals surface area contributed by atoms with E-state index in [0.717, 1.165) is 42.9 Å². The van der Waals surface area contributed by atoms with E-state index in [-0.39, 0.29) is 11.3 Å². The maximum Gasteiger partial charge on any atom is 0.274 e. The van der Waals surface area contributed by atoms with Gasteiger partial charge in [-0.3, -0.25) is 4.79 Å². The van der Waals surface area contributed by atoms with Crippen molar-refractivity contribution in [2.75, 3.05) is 26.2 Å². The highest BCUT2D eigenvalue weighted by atomic mass is 16.2. The summed E-state index contributed by atoms with van der Waals surface area (Å²) in [5, 5.41) is 3.27. The lowest BCUT2D eigenvalue weighted by Crippen LogP contribution is -2.47. The third kappa shape index (κ3) is 2.81. The summed E-state index contributed by atoms with van der Waals surface area (Å²) < 4.78 is 0. The number of para-hydroxylation sites is 2. The zero-order valence-corrected chi connectivity index (χ0v) is 13.4. The average molecular weight is 298 g/mol. The van der Waals surface area contributed by atoms with E-state index in [9.17, 15) is 4.79 Å². The Morgan fingerprint density at radius 2 is 1.68 bits per heavy atom. The first-order valence-electron chi connectivity index (χ1n) is 7.74. The Labute approximate surface area is 130 Å². The summed E-state index contributed by atoms with van der Waals surface area (Å²) in [6.45, 7) is 9.31. The van der Waals surface area contributed by atoms with Gasteiger partial charge < -0.3 is 10.2 Å². The predicted octanol–water partition coefficient (Wildman–Crippen LogP) is 1.97. The molecule has 0 atom stereocenters. The first-order chi connectivity index (χ1) is 10.5. The lowest BCUT2D eigenvalue weighted by atomic mass is 9.89. The molecule has 0 saturated carbocycles. The molecule has 0 radical (unpaired) electrons. The number of aromatic nitrogens is 2. The number of piperazine rings is 1. The maximum atomic E-state index is 12.9. The zero-order valence-electron chi connectivity index (χ0n) is 13.4. The number of carbonyl (C=O) groups is 1. The third-order valence-electron chi connectivity index (χ3n) is 3.89. The predicted molar refractivity (Wildman–Crippen MR) is 87.0 cm³/mol. The van der Waals surface area contributed by atoms with Crippen molar-refractivity contribution in [3.8, 4) is 0 Å². The normalized spacial score (nSPS) is 16.0. The van der Waals surface area contributed by atoms with Crippen LogP contribution in [0.5, 0.6) is 0 Å². The van der Waals surface area contributed by atoms with Crippen LogP contribution in [-0.2, 0) is 5.41 Å². The second-order valence-corrected chi connectivity index (χ2v) is 6.70. The highest BCUT2D eigenvalue weighted by Crippen LogP contribution is 2.26. The number of nitrogens with one attached hydrogen (secondary N) is 1. The van der Waals surface area contributed by atoms with Crippen molar-refractivity contribution in [3.05, 3.63) is 35.7 Å². The number of hydrogen-bond donors (Lipinski definition) is 1. The van der Waals surface area contributed by atoms with Crippen LogP contribution in [0.2, 0.25) is 0 Å². The molecule has 1 fully saturated rings. The van der Waals surface area contributed by atoms with E-state index < -0.39 is 0 Å². The molecule has 5 heteroatoms. The third-order valence-corrected chi connectivity index (χ3v) is 3.89. The van der Waals surface area contributed by atoms with E-state index in [1.165, 1.54) is 0 Å². The van der Waals surface area contributed by atoms with Gasteiger partial charge in [-0.25, -0.2) is 9.97 Å². The summed E-state index contributed by atoms with van der Waals surface area (Å²) in [4.78, 5) is 24.2. The number of amides is 1. The maximum absolute atomic E-state index is 12.9. The molecule has 0 bridgehead atoms. The molecule has 3 rings (SSSR count). The quantitative estimate of drug-likeness (QED) is 0.874. The van der Waals surface area contributed by atoms with Gasteiger partial charge in [0.25, 0.3) is 5.91 Å². The average Bonchev–Trinajstić information content (AvgIpc) is 2.53. The lowest BCUT2D eigenvalue weighted by molar-refractivity contribution is 0.0727. The lowest BCUT2D eigenvalue weighted by Gasteiger charge is -2.29. The second kappa shape index (κ2) is 5.65. The molecular formula is C17H22N4O. The fourth-order valence-corrected chi connectivity index (χ4v) is 2.69. The highest BCUT2D eigenvalue weighted by Gasteiger charge is 2.29. The number of hydrogen-bond acceptors (Lipinski definition) is 4. The van der Waals surface area contributed by atoms with Crippen molar-refractivity contribution >= 4 is 16.9 Å². The van der Waals surface area contributed by atoms with Gasteiger partial charge in [0.1, 0.15) is 0 Å². The molecule has 116 valence electrons. The molecule has 0 unspecified atom stereocenters. The number of fused-ring (bicyclic) bond motifs is 1. The smallest absolute Gasteiger partial charge is 0.274 e. The van der Waals surface area contributed by atoms with Crippen LogP contribution in [0.25, 0.3) is 11.0 Å². The molecule has 0 spiro atoms. The van der Waals surface area contributed by atoms with E-state index >= 15 is 0 Å². The van der Waals surface area contributed by atoms with Crippen LogP contribution in [0.1, 0.15) is 37.0 Å². The van der Waals surface area contributed by atoms with E-state index in [1.54, 1.807) is 0 Å². The Bertz CT molecular complexity index is 699. The van der Waals surface area contributed by atoms with Crippen LogP contribution < -0.4 is 5.32 Å². The summed E-state index contributed by atoms with van der Waals surface area (Å²) in [6, 6.07) is 7.72. The summed E-state index contributed by atoms with van der Waals surface area (Å²) in [5.74, 6) is -0.00956. The summed E-state index contributed by atoms with van der Waals surface area (Å²) in [7, 11) is 0. The molecule has 0 aliphatic carbocycles. The zero-order chi connectivity index (χ0) is 15.7. The molecule has 5 nitrogen and oxygen atoms in total. The SMILES string of the molecule is CC(C)(C)c1nc2ccccc2nc1C(=O)N1CCNCC1. The van der Waals surface area contributed by atoms with Crippen molar-refractivity contribution in [1.29, 1.82) is 0 Å². The summed E-state index contributed by atoms with van der Waals surface area (Å²) >= 11 is 0. The number of benzene rings is 1. The summed E-state index contributed by atoms with van der Waals surface area (Å²) in [5.41, 5.74) is 2.65. The Morgan fingerprint density at radius 3 is 2.27 bits per heavy atom. The largest absolute Gasteiger partial charge is 0.335 e. The van der Waals surface area contributed by atoms with E-state index in [1.807, 2.05) is 29.2 Å². The Kier molecular flexibility index (Phi) is 3.83. The molecular weight excluding hydrogens is 276 g/mol. The van der Waals surface area contributed by atoms with Gasteiger partial charge in [0.15, 0.2) is 5.69 Å². The van der Waals surface area contributed by atoms with Crippen LogP contribution in [0.4, 0.5) is 0 Å². The number of nitrogens with zero attached hydrogens (tertiary/aromatic N) is 3. The molecule has 1 aliphatic rings. The van der Waals surface area contributed by atoms with Gasteiger partial charge >= 0.3 is 0 Å². The number of rotatable bonds is 1. The molecule has 22 heavy (non-hydrogen) atoms. The molecule has 1 amide bonds. The molecule has 1 saturated heterocycles. The monoisotopic (exact) mass is 298 g/mol. The topological polar surface area (TPSA) is 58.1 Å². The van der Waals surface area contributed by atoms with Gasteiger partial charge in [0.2, 0.25) is 0 Å². The van der Waals surface area contributed by atoms with Crippen molar-refractivity contribution < 1.29 is 4.79 Å². The summed E-state index contributed by atoms with van der Waals surface area (Å²) in [6.07, 6.45) is 0. The van der Waals surface area contributed by atoms with E-state index in [4.69, 9.17) is 4.98 Å². The van der Waals surface area contributed by atoms with Gasteiger partial charge in [-0.1, -0.05) is 32.9 Å². The minimum absolute atomic E-state index is 0.00956. The van der Waals surface area contributed by atoms with Crippen LogP contribution in [0.15, 0.2) is 24.3 Å². The first kappa shape index (κ1) is 14.9. The molecule has 1 N–H and O–H groups in total. The van der Waals surface area contributed by atoms with Gasteiger partial charge in [-0.15, -0.1) is 0 Å². The minimum Gasteiger partial charge on any atom is -0.335 e. The molecule has 1 aromatic heterocycles. The fourth-order valence-electron chi connectivity index (χ4n) is 2.69. The van der Waals surface area contributed by atoms with Crippen molar-refractivity contribution in [1.82, 2.24) is 20.2 Å². The van der Waals surface area contributed by atoms with Crippen molar-refractivity contribution in [2.24, 2.45) is 0 Å². The second-order valence-electron chi connectivity index (χ2n) is 6.70. The molecule has 2 aromatic rings. The van der Waals surface area contributed by atoms with Crippen LogP contribution in [0, 0.1) is 0 Å². The Morgan fingerprint density at radius 1 is 1.09 bits per heavy atom. The fraction of sp³-hybridized carbons (Fsp3) is 0.471. The van der Waals surface area contributed by atoms with Gasteiger partial charge in [-0.05, 0) is 12.1 Å². The van der Waals surface area contributed by atoms with E-state index in [2.05, 4.69) is 31.1 Å². The molecule has 1 aromatic carbocycles. The van der Waals surface area contributed by atoms with Crippen LogP contribution in [0.3, 0.4) is 0 Å². The first-order valence-corrected chi connectivity index (χ1v) is 7.74. The van der Waals surface area contributed by atoms with Gasteiger partial charge in [0.05, 0.1) is 16.7 Å². The Balaban J connectivity index is 2.11. The van der Waals surface area contributed by atoms with Gasteiger partial charge in [0, 0.05) is 31.6 Å². The Hall–Kier alpha value is -2.01. The van der Waals surface area contributed by atoms with Crippen LogP contribution >= 0.6 is 0 Å². The highest BCUT2D eigenvalue weighted by molar-refractivity contribution is 5.95. The van der Waals surface area contributed by atoms with Crippen LogP contribution in [-0.4, -0.2) is 47.0 Å². The van der Waals surface area contributed by atoms with E-state index in [0.29, 0.717) is 5.69 Å². The van der Waals surface area contributed by atoms with Gasteiger partial charge in [-0.2, -0.15) is 0 Å². The molecule has 2 heterocycles. The van der Waals surface area contributed by atoms with Crippen molar-refractivity contribution in [3.63, 3.8) is 0 Å². The van der Waals surface area contributed by atoms with Crippen molar-refractivity contribution in [2.45, 2.75) is 26.2 Å². The molecule has 1 aliphatic heterocycles. The standard InChI is InChI=1S/C17H22N4O/c1-17(2,3)15-14(16(22)21-10-8-18-9-11-21)19-12-6-4-5-7-13(12)20-15/h4-7,18H,8-11H2,1-3H3. The minimum atomic E-state index is -0.226.